The number of benzene rings is 1. The summed E-state index contributed by atoms with van der Waals surface area (Å²) in [6.07, 6.45) is 9.59. The molecule has 0 spiro atoms. The number of fused-ring (bicyclic) bond motifs is 1. The first kappa shape index (κ1) is 11.5. The molecule has 0 unspecified atom stereocenters. The van der Waals surface area contributed by atoms with Crippen LogP contribution in [0.15, 0.2) is 24.5 Å². The van der Waals surface area contributed by atoms with Crippen LogP contribution < -0.4 is 0 Å². The van der Waals surface area contributed by atoms with Crippen molar-refractivity contribution in [3.8, 4) is 0 Å². The Morgan fingerprint density at radius 2 is 2.11 bits per heavy atom. The first-order chi connectivity index (χ1) is 8.86. The first-order valence-electron chi connectivity index (χ1n) is 6.77. The van der Waals surface area contributed by atoms with Gasteiger partial charge in [-0.15, -0.1) is 0 Å². The Labute approximate surface area is 107 Å². The highest BCUT2D eigenvalue weighted by molar-refractivity contribution is 5.84. The van der Waals surface area contributed by atoms with Crippen molar-refractivity contribution in [3.05, 3.63) is 30.1 Å². The fourth-order valence-corrected chi connectivity index (χ4v) is 2.95. The molecule has 1 fully saturated rings. The predicted octanol–water partition coefficient (Wildman–Crippen LogP) is 3.43. The molecule has 0 N–H and O–H groups in total. The van der Waals surface area contributed by atoms with E-state index in [0.29, 0.717) is 5.56 Å². The molecule has 0 amide bonds. The summed E-state index contributed by atoms with van der Waals surface area (Å²) in [6, 6.07) is 5.74. The molecule has 2 aromatic rings. The number of aldehydes is 1. The highest BCUT2D eigenvalue weighted by Crippen LogP contribution is 2.26. The van der Waals surface area contributed by atoms with E-state index in [-0.39, 0.29) is 0 Å². The van der Waals surface area contributed by atoms with Crippen molar-refractivity contribution in [3.63, 3.8) is 0 Å². The molecule has 1 aliphatic rings. The van der Waals surface area contributed by atoms with Gasteiger partial charge in [0.15, 0.2) is 0 Å². The van der Waals surface area contributed by atoms with Gasteiger partial charge < -0.3 is 4.57 Å². The highest BCUT2D eigenvalue weighted by Gasteiger charge is 2.15. The van der Waals surface area contributed by atoms with E-state index < -0.39 is 0 Å². The number of carbonyl (C=O) groups is 1. The first-order valence-corrected chi connectivity index (χ1v) is 6.77. The van der Waals surface area contributed by atoms with Gasteiger partial charge in [0.05, 0.1) is 17.4 Å². The Kier molecular flexibility index (Phi) is 3.13. The van der Waals surface area contributed by atoms with Gasteiger partial charge in [-0.2, -0.15) is 0 Å². The summed E-state index contributed by atoms with van der Waals surface area (Å²) in [7, 11) is 0. The molecular weight excluding hydrogens is 224 g/mol. The molecule has 94 valence electrons. The minimum Gasteiger partial charge on any atom is -0.330 e. The number of rotatable bonds is 3. The van der Waals surface area contributed by atoms with Gasteiger partial charge in [-0.25, -0.2) is 4.98 Å². The summed E-state index contributed by atoms with van der Waals surface area (Å²) in [6.45, 7) is 1.07. The Hall–Kier alpha value is -1.64. The van der Waals surface area contributed by atoms with Crippen molar-refractivity contribution in [2.75, 3.05) is 0 Å². The fourth-order valence-electron chi connectivity index (χ4n) is 2.95. The van der Waals surface area contributed by atoms with Crippen LogP contribution in [-0.2, 0) is 6.54 Å². The second-order valence-corrected chi connectivity index (χ2v) is 5.27. The number of imidazole rings is 1. The average molecular weight is 242 g/mol. The van der Waals surface area contributed by atoms with Crippen molar-refractivity contribution < 1.29 is 4.79 Å². The van der Waals surface area contributed by atoms with E-state index in [9.17, 15) is 4.79 Å². The largest absolute Gasteiger partial charge is 0.330 e. The number of carbonyl (C=O) groups excluding carboxylic acids is 1. The molecule has 1 aromatic heterocycles. The second-order valence-electron chi connectivity index (χ2n) is 5.27. The SMILES string of the molecule is O=Cc1ccc2c(c1)ncn2CC1CCCCC1. The normalized spacial score (nSPS) is 17.1. The van der Waals surface area contributed by atoms with Crippen LogP contribution in [0.1, 0.15) is 42.5 Å². The lowest BCUT2D eigenvalue weighted by Gasteiger charge is -2.22. The Balaban J connectivity index is 1.85. The maximum Gasteiger partial charge on any atom is 0.150 e. The van der Waals surface area contributed by atoms with Gasteiger partial charge in [0, 0.05) is 12.1 Å². The fraction of sp³-hybridized carbons (Fsp3) is 0.467. The summed E-state index contributed by atoms with van der Waals surface area (Å²) in [5, 5.41) is 0. The number of aromatic nitrogens is 2. The molecule has 1 aromatic carbocycles. The molecule has 3 nitrogen and oxygen atoms in total. The molecule has 3 heteroatoms. The predicted molar refractivity (Wildman–Crippen MR) is 71.7 cm³/mol. The third-order valence-electron chi connectivity index (χ3n) is 3.96. The van der Waals surface area contributed by atoms with Crippen LogP contribution in [-0.4, -0.2) is 15.8 Å². The highest BCUT2D eigenvalue weighted by atomic mass is 16.1. The van der Waals surface area contributed by atoms with Gasteiger partial charge in [-0.05, 0) is 37.0 Å². The summed E-state index contributed by atoms with van der Waals surface area (Å²) in [5.41, 5.74) is 2.77. The Morgan fingerprint density at radius 1 is 1.28 bits per heavy atom. The van der Waals surface area contributed by atoms with Crippen molar-refractivity contribution >= 4 is 17.3 Å². The van der Waals surface area contributed by atoms with Crippen molar-refractivity contribution in [1.82, 2.24) is 9.55 Å². The lowest BCUT2D eigenvalue weighted by molar-refractivity contribution is 0.112. The number of hydrogen-bond donors (Lipinski definition) is 0. The second kappa shape index (κ2) is 4.92. The Bertz CT molecular complexity index is 553. The summed E-state index contributed by atoms with van der Waals surface area (Å²) in [5.74, 6) is 0.793. The zero-order valence-corrected chi connectivity index (χ0v) is 10.5. The van der Waals surface area contributed by atoms with Gasteiger partial charge in [-0.1, -0.05) is 19.3 Å². The lowest BCUT2D eigenvalue weighted by Crippen LogP contribution is -2.13. The van der Waals surface area contributed by atoms with E-state index in [1.54, 1.807) is 0 Å². The zero-order chi connectivity index (χ0) is 12.4. The van der Waals surface area contributed by atoms with Crippen molar-refractivity contribution in [1.29, 1.82) is 0 Å². The van der Waals surface area contributed by atoms with E-state index in [4.69, 9.17) is 0 Å². The van der Waals surface area contributed by atoms with Crippen LogP contribution in [0.4, 0.5) is 0 Å². The van der Waals surface area contributed by atoms with Crippen LogP contribution >= 0.6 is 0 Å². The molecule has 1 heterocycles. The van der Waals surface area contributed by atoms with Gasteiger partial charge in [0.1, 0.15) is 6.29 Å². The third kappa shape index (κ3) is 2.17. The molecule has 0 atom stereocenters. The standard InChI is InChI=1S/C15H18N2O/c18-10-13-6-7-15-14(8-13)16-11-17(15)9-12-4-2-1-3-5-12/h6-8,10-12H,1-5,9H2. The third-order valence-corrected chi connectivity index (χ3v) is 3.96. The van der Waals surface area contributed by atoms with E-state index in [0.717, 1.165) is 29.8 Å². The van der Waals surface area contributed by atoms with Crippen LogP contribution in [0.25, 0.3) is 11.0 Å². The van der Waals surface area contributed by atoms with Gasteiger partial charge in [0.25, 0.3) is 0 Å². The molecule has 0 saturated heterocycles. The van der Waals surface area contributed by atoms with Crippen LogP contribution in [0, 0.1) is 5.92 Å². The number of hydrogen-bond acceptors (Lipinski definition) is 2. The molecule has 3 rings (SSSR count). The minimum atomic E-state index is 0.699. The van der Waals surface area contributed by atoms with Crippen molar-refractivity contribution in [2.24, 2.45) is 5.92 Å². The van der Waals surface area contributed by atoms with Crippen LogP contribution in [0.3, 0.4) is 0 Å². The van der Waals surface area contributed by atoms with E-state index in [1.807, 2.05) is 24.5 Å². The molecule has 0 radical (unpaired) electrons. The molecule has 18 heavy (non-hydrogen) atoms. The average Bonchev–Trinajstić information content (AvgIpc) is 2.82. The minimum absolute atomic E-state index is 0.699. The van der Waals surface area contributed by atoms with Crippen LogP contribution in [0.5, 0.6) is 0 Å². The lowest BCUT2D eigenvalue weighted by atomic mass is 9.89. The summed E-state index contributed by atoms with van der Waals surface area (Å²) in [4.78, 5) is 15.1. The quantitative estimate of drug-likeness (QED) is 0.773. The molecule has 1 aliphatic carbocycles. The van der Waals surface area contributed by atoms with Gasteiger partial charge in [0.2, 0.25) is 0 Å². The molecule has 1 saturated carbocycles. The Morgan fingerprint density at radius 3 is 2.89 bits per heavy atom. The maximum atomic E-state index is 10.7. The molecule has 0 bridgehead atoms. The zero-order valence-electron chi connectivity index (χ0n) is 10.5. The van der Waals surface area contributed by atoms with E-state index in [2.05, 4.69) is 9.55 Å². The van der Waals surface area contributed by atoms with E-state index >= 15 is 0 Å². The monoisotopic (exact) mass is 242 g/mol. The summed E-state index contributed by atoms with van der Waals surface area (Å²) < 4.78 is 2.24. The van der Waals surface area contributed by atoms with E-state index in [1.165, 1.54) is 32.1 Å². The summed E-state index contributed by atoms with van der Waals surface area (Å²) >= 11 is 0. The molecule has 0 aliphatic heterocycles. The van der Waals surface area contributed by atoms with Crippen LogP contribution in [0.2, 0.25) is 0 Å². The van der Waals surface area contributed by atoms with Gasteiger partial charge >= 0.3 is 0 Å². The van der Waals surface area contributed by atoms with Gasteiger partial charge in [-0.3, -0.25) is 4.79 Å². The number of nitrogens with zero attached hydrogens (tertiary/aromatic N) is 2. The topological polar surface area (TPSA) is 34.9 Å². The maximum absolute atomic E-state index is 10.7. The smallest absolute Gasteiger partial charge is 0.150 e. The molecular formula is C15H18N2O. The van der Waals surface area contributed by atoms with Crippen molar-refractivity contribution in [2.45, 2.75) is 38.6 Å².